The molecule has 7 heteroatoms. The molecule has 0 atom stereocenters. The van der Waals surface area contributed by atoms with E-state index in [1.54, 1.807) is 24.3 Å². The van der Waals surface area contributed by atoms with Crippen molar-refractivity contribution in [2.45, 2.75) is 12.8 Å². The van der Waals surface area contributed by atoms with Crippen LogP contribution in [0.2, 0.25) is 5.02 Å². The van der Waals surface area contributed by atoms with Crippen LogP contribution in [-0.2, 0) is 4.79 Å². The van der Waals surface area contributed by atoms with E-state index in [9.17, 15) is 14.7 Å². The van der Waals surface area contributed by atoms with Crippen LogP contribution in [0.4, 0.5) is 5.69 Å². The number of aromatic carboxylic acids is 1. The number of carbonyl (C=O) groups is 2. The van der Waals surface area contributed by atoms with E-state index in [1.807, 2.05) is 0 Å². The molecule has 6 nitrogen and oxygen atoms in total. The topological polar surface area (TPSA) is 95.9 Å². The molecular formula is C17H16ClNO5. The quantitative estimate of drug-likeness (QED) is 0.525. The molecule has 0 saturated heterocycles. The Balaban J connectivity index is 1.82. The highest BCUT2D eigenvalue weighted by molar-refractivity contribution is 6.32. The Labute approximate surface area is 143 Å². The third-order valence-electron chi connectivity index (χ3n) is 3.16. The summed E-state index contributed by atoms with van der Waals surface area (Å²) in [5, 5.41) is 21.6. The second-order valence-corrected chi connectivity index (χ2v) is 5.37. The van der Waals surface area contributed by atoms with E-state index >= 15 is 0 Å². The van der Waals surface area contributed by atoms with Crippen molar-refractivity contribution in [1.82, 2.24) is 0 Å². The van der Waals surface area contributed by atoms with Crippen molar-refractivity contribution in [2.24, 2.45) is 0 Å². The minimum Gasteiger partial charge on any atom is -0.506 e. The molecule has 0 radical (unpaired) electrons. The Morgan fingerprint density at radius 1 is 1.17 bits per heavy atom. The molecule has 0 aromatic heterocycles. The third-order valence-corrected chi connectivity index (χ3v) is 3.47. The number of nitrogens with one attached hydrogen (secondary N) is 1. The zero-order valence-electron chi connectivity index (χ0n) is 12.7. The highest BCUT2D eigenvalue weighted by Crippen LogP contribution is 2.25. The number of phenols is 1. The molecule has 0 aliphatic heterocycles. The van der Waals surface area contributed by atoms with Crippen LogP contribution in [0.15, 0.2) is 42.5 Å². The van der Waals surface area contributed by atoms with Gasteiger partial charge >= 0.3 is 5.97 Å². The maximum absolute atomic E-state index is 11.9. The van der Waals surface area contributed by atoms with E-state index < -0.39 is 5.97 Å². The van der Waals surface area contributed by atoms with Crippen LogP contribution in [-0.4, -0.2) is 28.7 Å². The number of carboxylic acids is 1. The number of aromatic hydroxyl groups is 1. The van der Waals surface area contributed by atoms with Crippen LogP contribution >= 0.6 is 11.6 Å². The monoisotopic (exact) mass is 349 g/mol. The summed E-state index contributed by atoms with van der Waals surface area (Å²) in [6.07, 6.45) is 0.595. The Kier molecular flexibility index (Phi) is 6.03. The van der Waals surface area contributed by atoms with Gasteiger partial charge in [0, 0.05) is 6.42 Å². The van der Waals surface area contributed by atoms with Crippen molar-refractivity contribution < 1.29 is 24.5 Å². The fourth-order valence-electron chi connectivity index (χ4n) is 1.96. The molecule has 2 aromatic carbocycles. The Hall–Kier alpha value is -2.73. The fraction of sp³-hybridized carbons (Fsp3) is 0.176. The largest absolute Gasteiger partial charge is 0.506 e. The molecular weight excluding hydrogens is 334 g/mol. The van der Waals surface area contributed by atoms with Crippen molar-refractivity contribution in [3.63, 3.8) is 0 Å². The summed E-state index contributed by atoms with van der Waals surface area (Å²) in [7, 11) is 0. The van der Waals surface area contributed by atoms with Gasteiger partial charge in [0.05, 0.1) is 22.9 Å². The van der Waals surface area contributed by atoms with Gasteiger partial charge in [-0.25, -0.2) is 4.79 Å². The number of carboxylic acid groups (broad SMARTS) is 1. The first-order valence-electron chi connectivity index (χ1n) is 7.21. The number of benzene rings is 2. The van der Waals surface area contributed by atoms with Crippen LogP contribution in [0.5, 0.6) is 11.5 Å². The van der Waals surface area contributed by atoms with Gasteiger partial charge in [-0.3, -0.25) is 4.79 Å². The standard InChI is InChI=1S/C17H16ClNO5/c18-12-4-1-2-5-15(12)24-9-3-6-16(21)19-13-10-11(17(22)23)7-8-14(13)20/h1-2,4-5,7-8,10,20H,3,6,9H2,(H,19,21)(H,22,23). The lowest BCUT2D eigenvalue weighted by Gasteiger charge is -2.09. The van der Waals surface area contributed by atoms with Crippen LogP contribution in [0.3, 0.4) is 0 Å². The summed E-state index contributed by atoms with van der Waals surface area (Å²) in [5.74, 6) is -1.14. The average Bonchev–Trinajstić information content (AvgIpc) is 2.55. The number of halogens is 1. The van der Waals surface area contributed by atoms with Crippen molar-refractivity contribution in [3.8, 4) is 11.5 Å². The zero-order chi connectivity index (χ0) is 17.5. The lowest BCUT2D eigenvalue weighted by Crippen LogP contribution is -2.13. The molecule has 0 fully saturated rings. The molecule has 0 aliphatic rings. The summed E-state index contributed by atoms with van der Waals surface area (Å²) in [6.45, 7) is 0.304. The first-order chi connectivity index (χ1) is 11.5. The molecule has 24 heavy (non-hydrogen) atoms. The molecule has 0 saturated carbocycles. The number of anilines is 1. The van der Waals surface area contributed by atoms with Gasteiger partial charge in [-0.1, -0.05) is 23.7 Å². The summed E-state index contributed by atoms with van der Waals surface area (Å²) in [4.78, 5) is 22.8. The Morgan fingerprint density at radius 2 is 1.92 bits per heavy atom. The third kappa shape index (κ3) is 4.89. The Morgan fingerprint density at radius 3 is 2.62 bits per heavy atom. The lowest BCUT2D eigenvalue weighted by atomic mass is 10.2. The van der Waals surface area contributed by atoms with E-state index in [-0.39, 0.29) is 29.3 Å². The van der Waals surface area contributed by atoms with Crippen molar-refractivity contribution in [2.75, 3.05) is 11.9 Å². The normalized spacial score (nSPS) is 10.2. The summed E-state index contributed by atoms with van der Waals surface area (Å²) >= 11 is 5.95. The number of rotatable bonds is 7. The number of hydrogen-bond acceptors (Lipinski definition) is 4. The maximum Gasteiger partial charge on any atom is 0.335 e. The minimum absolute atomic E-state index is 0.0230. The smallest absolute Gasteiger partial charge is 0.335 e. The number of phenolic OH excluding ortho intramolecular Hbond substituents is 1. The Bertz CT molecular complexity index is 748. The highest BCUT2D eigenvalue weighted by atomic mass is 35.5. The number of hydrogen-bond donors (Lipinski definition) is 3. The van der Waals surface area contributed by atoms with Gasteiger partial charge in [0.25, 0.3) is 0 Å². The van der Waals surface area contributed by atoms with Gasteiger partial charge in [0.2, 0.25) is 5.91 Å². The van der Waals surface area contributed by atoms with Crippen molar-refractivity contribution >= 4 is 29.2 Å². The van der Waals surface area contributed by atoms with Gasteiger partial charge in [-0.05, 0) is 36.8 Å². The van der Waals surface area contributed by atoms with Crippen LogP contribution < -0.4 is 10.1 Å². The van der Waals surface area contributed by atoms with Crippen LogP contribution in [0.25, 0.3) is 0 Å². The molecule has 126 valence electrons. The summed E-state index contributed by atoms with van der Waals surface area (Å²) < 4.78 is 5.47. The maximum atomic E-state index is 11.9. The van der Waals surface area contributed by atoms with E-state index in [1.165, 1.54) is 18.2 Å². The van der Waals surface area contributed by atoms with E-state index in [2.05, 4.69) is 5.32 Å². The predicted octanol–water partition coefficient (Wildman–Crippen LogP) is 3.54. The predicted molar refractivity (Wildman–Crippen MR) is 89.9 cm³/mol. The van der Waals surface area contributed by atoms with E-state index in [0.717, 1.165) is 0 Å². The first kappa shape index (κ1) is 17.6. The SMILES string of the molecule is O=C(CCCOc1ccccc1Cl)Nc1cc(C(=O)O)ccc1O. The summed E-state index contributed by atoms with van der Waals surface area (Å²) in [5.41, 5.74) is 0.0390. The van der Waals surface area contributed by atoms with Crippen molar-refractivity contribution in [3.05, 3.63) is 53.1 Å². The molecule has 0 bridgehead atoms. The second-order valence-electron chi connectivity index (χ2n) is 4.97. The van der Waals surface area contributed by atoms with Crippen LogP contribution in [0.1, 0.15) is 23.2 Å². The second kappa shape index (κ2) is 8.21. The molecule has 3 N–H and O–H groups in total. The molecule has 1 amide bonds. The molecule has 0 unspecified atom stereocenters. The van der Waals surface area contributed by atoms with Gasteiger partial charge in [0.15, 0.2) is 0 Å². The van der Waals surface area contributed by atoms with Gasteiger partial charge in [0.1, 0.15) is 11.5 Å². The summed E-state index contributed by atoms with van der Waals surface area (Å²) in [6, 6.07) is 10.7. The van der Waals surface area contributed by atoms with Gasteiger partial charge < -0.3 is 20.3 Å². The fourth-order valence-corrected chi connectivity index (χ4v) is 2.15. The van der Waals surface area contributed by atoms with Gasteiger partial charge in [-0.15, -0.1) is 0 Å². The number of carbonyl (C=O) groups excluding carboxylic acids is 1. The molecule has 2 rings (SSSR count). The van der Waals surface area contributed by atoms with Gasteiger partial charge in [-0.2, -0.15) is 0 Å². The van der Waals surface area contributed by atoms with E-state index in [0.29, 0.717) is 23.8 Å². The number of para-hydroxylation sites is 1. The minimum atomic E-state index is -1.14. The molecule has 2 aromatic rings. The number of amides is 1. The van der Waals surface area contributed by atoms with Crippen LogP contribution in [0, 0.1) is 0 Å². The highest BCUT2D eigenvalue weighted by Gasteiger charge is 2.10. The van der Waals surface area contributed by atoms with E-state index in [4.69, 9.17) is 21.4 Å². The average molecular weight is 350 g/mol. The number of ether oxygens (including phenoxy) is 1. The van der Waals surface area contributed by atoms with Crippen molar-refractivity contribution in [1.29, 1.82) is 0 Å². The molecule has 0 heterocycles. The first-order valence-corrected chi connectivity index (χ1v) is 7.58. The molecule has 0 aliphatic carbocycles. The zero-order valence-corrected chi connectivity index (χ0v) is 13.4. The lowest BCUT2D eigenvalue weighted by molar-refractivity contribution is -0.116. The molecule has 0 spiro atoms.